The van der Waals surface area contributed by atoms with E-state index in [-0.39, 0.29) is 5.91 Å². The van der Waals surface area contributed by atoms with Crippen molar-refractivity contribution in [3.05, 3.63) is 76.1 Å². The predicted octanol–water partition coefficient (Wildman–Crippen LogP) is 4.21. The molecule has 0 atom stereocenters. The molecule has 0 bridgehead atoms. The van der Waals surface area contributed by atoms with Gasteiger partial charge in [-0.05, 0) is 36.2 Å². The maximum Gasteiger partial charge on any atom is 0.270 e. The summed E-state index contributed by atoms with van der Waals surface area (Å²) in [7, 11) is 0. The predicted molar refractivity (Wildman–Crippen MR) is 132 cm³/mol. The first-order valence-corrected chi connectivity index (χ1v) is 11.9. The van der Waals surface area contributed by atoms with Gasteiger partial charge >= 0.3 is 0 Å². The van der Waals surface area contributed by atoms with E-state index < -0.39 is 0 Å². The number of aromatic nitrogens is 3. The Morgan fingerprint density at radius 2 is 2.03 bits per heavy atom. The van der Waals surface area contributed by atoms with Gasteiger partial charge in [-0.25, -0.2) is 9.97 Å². The second-order valence-corrected chi connectivity index (χ2v) is 8.86. The van der Waals surface area contributed by atoms with Crippen molar-refractivity contribution >= 4 is 51.6 Å². The minimum absolute atomic E-state index is 0.173. The molecule has 1 aliphatic heterocycles. The van der Waals surface area contributed by atoms with Gasteiger partial charge in [-0.3, -0.25) is 14.2 Å². The van der Waals surface area contributed by atoms with Gasteiger partial charge in [-0.1, -0.05) is 30.7 Å². The number of hydrogen-bond donors (Lipinski definition) is 1. The molecule has 0 saturated heterocycles. The van der Waals surface area contributed by atoms with E-state index in [4.69, 9.17) is 11.6 Å². The van der Waals surface area contributed by atoms with E-state index in [0.29, 0.717) is 29.3 Å². The molecule has 5 rings (SSSR count). The molecular formula is C23H22ClN7OS. The number of pyridine rings is 1. The fourth-order valence-corrected chi connectivity index (χ4v) is 4.55. The topological polar surface area (TPSA) is 78.1 Å². The first-order valence-electron chi connectivity index (χ1n) is 10.6. The van der Waals surface area contributed by atoms with Crippen molar-refractivity contribution in [2.24, 2.45) is 5.10 Å². The number of carbonyl (C=O) groups is 1. The summed E-state index contributed by atoms with van der Waals surface area (Å²) < 4.78 is 1.75. The van der Waals surface area contributed by atoms with Crippen LogP contribution in [0.3, 0.4) is 0 Å². The van der Waals surface area contributed by atoms with Gasteiger partial charge < -0.3 is 10.2 Å². The van der Waals surface area contributed by atoms with Crippen molar-refractivity contribution in [2.75, 3.05) is 23.0 Å². The van der Waals surface area contributed by atoms with Gasteiger partial charge in [0.1, 0.15) is 17.7 Å². The molecule has 4 heterocycles. The lowest BCUT2D eigenvalue weighted by atomic mass is 10.2. The van der Waals surface area contributed by atoms with Crippen LogP contribution in [0.4, 0.5) is 10.8 Å². The summed E-state index contributed by atoms with van der Waals surface area (Å²) in [4.78, 5) is 23.9. The van der Waals surface area contributed by atoms with Crippen LogP contribution >= 0.6 is 22.9 Å². The van der Waals surface area contributed by atoms with Crippen LogP contribution in [0.15, 0.2) is 59.3 Å². The highest BCUT2D eigenvalue weighted by molar-refractivity contribution is 7.13. The number of nitrogens with one attached hydrogen (secondary N) is 1. The van der Waals surface area contributed by atoms with Crippen molar-refractivity contribution in [3.8, 4) is 0 Å². The molecule has 33 heavy (non-hydrogen) atoms. The average molecular weight is 480 g/mol. The number of carbonyl (C=O) groups excluding carboxylic acids is 1. The first-order chi connectivity index (χ1) is 16.1. The Balaban J connectivity index is 1.24. The summed E-state index contributed by atoms with van der Waals surface area (Å²) in [5.41, 5.74) is 3.99. The lowest BCUT2D eigenvalue weighted by Gasteiger charge is -2.28. The standard InChI is InChI=1S/C23H22ClN7OS/c1-2-19-21(30-14-17(24)5-8-20(30)28-19)22(32)26-13-16-3-6-18(7-4-16)31-11-10-29(15-27-31)23-25-9-12-33-23/h3-9,12,14-15H,2,10-11,13H2,1H3,(H,26,32). The highest BCUT2D eigenvalue weighted by Crippen LogP contribution is 2.22. The molecule has 168 valence electrons. The van der Waals surface area contributed by atoms with Crippen molar-refractivity contribution in [2.45, 2.75) is 19.9 Å². The maximum atomic E-state index is 13.0. The number of fused-ring (bicyclic) bond motifs is 1. The summed E-state index contributed by atoms with van der Waals surface area (Å²) in [6, 6.07) is 11.6. The van der Waals surface area contributed by atoms with E-state index in [1.807, 2.05) is 58.9 Å². The van der Waals surface area contributed by atoms with Crippen molar-refractivity contribution in [3.63, 3.8) is 0 Å². The fraction of sp³-hybridized carbons (Fsp3) is 0.217. The molecule has 1 amide bonds. The van der Waals surface area contributed by atoms with Crippen LogP contribution in [0.1, 0.15) is 28.7 Å². The summed E-state index contributed by atoms with van der Waals surface area (Å²) in [5, 5.41) is 13.0. The Morgan fingerprint density at radius 1 is 1.18 bits per heavy atom. The summed E-state index contributed by atoms with van der Waals surface area (Å²) in [5.74, 6) is -0.173. The van der Waals surface area contributed by atoms with Crippen LogP contribution < -0.4 is 15.2 Å². The zero-order valence-corrected chi connectivity index (χ0v) is 19.6. The monoisotopic (exact) mass is 479 g/mol. The lowest BCUT2D eigenvalue weighted by molar-refractivity contribution is 0.0944. The zero-order chi connectivity index (χ0) is 22.8. The number of amides is 1. The molecule has 10 heteroatoms. The van der Waals surface area contributed by atoms with Crippen LogP contribution in [0.2, 0.25) is 5.02 Å². The van der Waals surface area contributed by atoms with Gasteiger partial charge in [0.2, 0.25) is 0 Å². The first kappa shape index (κ1) is 21.4. The van der Waals surface area contributed by atoms with Gasteiger partial charge in [0, 0.05) is 30.9 Å². The second-order valence-electron chi connectivity index (χ2n) is 7.55. The van der Waals surface area contributed by atoms with Gasteiger partial charge in [0.15, 0.2) is 5.13 Å². The zero-order valence-electron chi connectivity index (χ0n) is 18.0. The third kappa shape index (κ3) is 4.42. The third-order valence-corrected chi connectivity index (χ3v) is 6.47. The third-order valence-electron chi connectivity index (χ3n) is 5.44. The molecule has 1 aromatic carbocycles. The molecule has 1 aliphatic rings. The van der Waals surface area contributed by atoms with Crippen LogP contribution in [0, 0.1) is 0 Å². The Morgan fingerprint density at radius 3 is 2.73 bits per heavy atom. The quantitative estimate of drug-likeness (QED) is 0.448. The highest BCUT2D eigenvalue weighted by atomic mass is 35.5. The Hall–Kier alpha value is -3.43. The van der Waals surface area contributed by atoms with Gasteiger partial charge in [0.25, 0.3) is 5.91 Å². The van der Waals surface area contributed by atoms with Crippen LogP contribution in [0.5, 0.6) is 0 Å². The van der Waals surface area contributed by atoms with Crippen molar-refractivity contribution in [1.29, 1.82) is 0 Å². The normalized spacial score (nSPS) is 13.6. The highest BCUT2D eigenvalue weighted by Gasteiger charge is 2.19. The number of thiazole rings is 1. The van der Waals surface area contributed by atoms with E-state index in [1.165, 1.54) is 0 Å². The molecule has 8 nitrogen and oxygen atoms in total. The number of nitrogens with zero attached hydrogens (tertiary/aromatic N) is 6. The Kier molecular flexibility index (Phi) is 5.97. The van der Waals surface area contributed by atoms with E-state index in [2.05, 4.69) is 20.4 Å². The number of aryl methyl sites for hydroxylation is 1. The lowest BCUT2D eigenvalue weighted by Crippen LogP contribution is -2.37. The average Bonchev–Trinajstić information content (AvgIpc) is 3.51. The van der Waals surface area contributed by atoms with Gasteiger partial charge in [0.05, 0.1) is 22.9 Å². The molecule has 4 aromatic rings. The number of anilines is 2. The summed E-state index contributed by atoms with van der Waals surface area (Å²) in [6.45, 7) is 3.98. The Bertz CT molecular complexity index is 1300. The molecule has 3 aromatic heterocycles. The molecule has 0 spiro atoms. The smallest absolute Gasteiger partial charge is 0.270 e. The number of halogens is 1. The second kappa shape index (κ2) is 9.21. The summed E-state index contributed by atoms with van der Waals surface area (Å²) in [6.07, 6.45) is 5.99. The largest absolute Gasteiger partial charge is 0.347 e. The molecule has 1 N–H and O–H groups in total. The van der Waals surface area contributed by atoms with E-state index in [9.17, 15) is 4.79 Å². The van der Waals surface area contributed by atoms with E-state index in [1.54, 1.807) is 34.2 Å². The molecule has 0 saturated carbocycles. The Labute approximate surface area is 200 Å². The molecule has 0 unspecified atom stereocenters. The summed E-state index contributed by atoms with van der Waals surface area (Å²) >= 11 is 7.73. The van der Waals surface area contributed by atoms with Crippen LogP contribution in [0.25, 0.3) is 5.65 Å². The number of imidazole rings is 1. The molecular weight excluding hydrogens is 458 g/mol. The van der Waals surface area contributed by atoms with E-state index >= 15 is 0 Å². The number of rotatable bonds is 6. The van der Waals surface area contributed by atoms with Crippen molar-refractivity contribution in [1.82, 2.24) is 19.7 Å². The van der Waals surface area contributed by atoms with Gasteiger partial charge in [-0.15, -0.1) is 11.3 Å². The number of hydrazone groups is 1. The number of benzene rings is 1. The van der Waals surface area contributed by atoms with Crippen LogP contribution in [-0.4, -0.2) is 39.7 Å². The molecule has 0 fully saturated rings. The van der Waals surface area contributed by atoms with Crippen LogP contribution in [-0.2, 0) is 13.0 Å². The number of hydrogen-bond acceptors (Lipinski definition) is 7. The SMILES string of the molecule is CCc1nc2ccc(Cl)cn2c1C(=O)NCc1ccc(N2CCN(c3nccs3)C=N2)cc1. The van der Waals surface area contributed by atoms with Crippen molar-refractivity contribution < 1.29 is 4.79 Å². The fourth-order valence-electron chi connectivity index (χ4n) is 3.75. The maximum absolute atomic E-state index is 13.0. The molecule has 0 aliphatic carbocycles. The minimum Gasteiger partial charge on any atom is -0.347 e. The van der Waals surface area contributed by atoms with Gasteiger partial charge in [-0.2, -0.15) is 5.10 Å². The molecule has 0 radical (unpaired) electrons. The minimum atomic E-state index is -0.173. The van der Waals surface area contributed by atoms with E-state index in [0.717, 1.165) is 35.2 Å².